The van der Waals surface area contributed by atoms with Gasteiger partial charge < -0.3 is 14.8 Å². The van der Waals surface area contributed by atoms with E-state index in [4.69, 9.17) is 9.84 Å². The predicted molar refractivity (Wildman–Crippen MR) is 82.8 cm³/mol. The van der Waals surface area contributed by atoms with Crippen molar-refractivity contribution in [1.29, 1.82) is 0 Å². The van der Waals surface area contributed by atoms with Crippen LogP contribution in [0, 0.1) is 10.1 Å². The summed E-state index contributed by atoms with van der Waals surface area (Å²) in [6.45, 7) is -0.477. The molecule has 0 radical (unpaired) electrons. The number of aromatic nitrogens is 2. The molecule has 1 aromatic heterocycles. The molecule has 0 bridgehead atoms. The topological polar surface area (TPSA) is 155 Å². The van der Waals surface area contributed by atoms with Gasteiger partial charge in [-0.15, -0.1) is 0 Å². The second-order valence-corrected chi connectivity index (χ2v) is 4.51. The van der Waals surface area contributed by atoms with Crippen LogP contribution in [0.2, 0.25) is 0 Å². The molecule has 1 heterocycles. The van der Waals surface area contributed by atoms with Crippen molar-refractivity contribution in [1.82, 2.24) is 9.97 Å². The maximum absolute atomic E-state index is 11.5. The zero-order valence-corrected chi connectivity index (χ0v) is 12.0. The third-order valence-electron chi connectivity index (χ3n) is 2.81. The van der Waals surface area contributed by atoms with Gasteiger partial charge in [0, 0.05) is 0 Å². The molecule has 0 saturated carbocycles. The highest BCUT2D eigenvalue weighted by Crippen LogP contribution is 2.16. The van der Waals surface area contributed by atoms with Gasteiger partial charge in [0.15, 0.2) is 6.61 Å². The fourth-order valence-electron chi connectivity index (χ4n) is 1.80. The van der Waals surface area contributed by atoms with Crippen LogP contribution < -0.4 is 16.0 Å². The number of nitrogens with one attached hydrogen (secondary N) is 2. The van der Waals surface area contributed by atoms with E-state index in [1.165, 1.54) is 24.3 Å². The monoisotopic (exact) mass is 333 g/mol. The molecule has 0 amide bonds. The third kappa shape index (κ3) is 4.16. The number of nitrogens with zero attached hydrogens (tertiary/aromatic N) is 1. The van der Waals surface area contributed by atoms with Crippen molar-refractivity contribution in [3.8, 4) is 5.75 Å². The van der Waals surface area contributed by atoms with Gasteiger partial charge in [-0.3, -0.25) is 19.9 Å². The lowest BCUT2D eigenvalue weighted by Gasteiger charge is -2.02. The Morgan fingerprint density at radius 3 is 2.46 bits per heavy atom. The van der Waals surface area contributed by atoms with Gasteiger partial charge in [0.25, 0.3) is 0 Å². The smallest absolute Gasteiger partial charge is 0.357 e. The van der Waals surface area contributed by atoms with Crippen LogP contribution in [-0.4, -0.2) is 32.6 Å². The van der Waals surface area contributed by atoms with Crippen LogP contribution in [0.1, 0.15) is 11.3 Å². The summed E-state index contributed by atoms with van der Waals surface area (Å²) in [5.41, 5.74) is -2.37. The van der Waals surface area contributed by atoms with Crippen LogP contribution in [0.5, 0.6) is 5.75 Å². The molecule has 2 rings (SSSR count). The van der Waals surface area contributed by atoms with Gasteiger partial charge in [-0.25, -0.2) is 9.59 Å². The Balaban J connectivity index is 2.25. The standard InChI is InChI=1S/C14H11N3O7/c18-11(19)7-24-9-4-1-8(2-5-9)3-6-10-12(17(22)23)13(20)16-14(21)15-10/h1-6H,7H2,(H,18,19)(H2,15,16,20,21)/b6-3+. The van der Waals surface area contributed by atoms with Crippen LogP contribution in [0.25, 0.3) is 12.2 Å². The molecule has 0 saturated heterocycles. The highest BCUT2D eigenvalue weighted by Gasteiger charge is 2.18. The van der Waals surface area contributed by atoms with Crippen LogP contribution in [-0.2, 0) is 4.79 Å². The second kappa shape index (κ2) is 7.05. The number of H-pyrrole nitrogens is 2. The Kier molecular flexibility index (Phi) is 4.90. The van der Waals surface area contributed by atoms with Gasteiger partial charge >= 0.3 is 22.9 Å². The predicted octanol–water partition coefficient (Wildman–Crippen LogP) is 0.605. The second-order valence-electron chi connectivity index (χ2n) is 4.51. The van der Waals surface area contributed by atoms with Crippen LogP contribution >= 0.6 is 0 Å². The van der Waals surface area contributed by atoms with Crippen molar-refractivity contribution in [2.24, 2.45) is 0 Å². The number of nitro groups is 1. The Hall–Kier alpha value is -3.69. The first-order valence-corrected chi connectivity index (χ1v) is 6.50. The van der Waals surface area contributed by atoms with Gasteiger partial charge in [-0.05, 0) is 23.8 Å². The molecule has 0 fully saturated rings. The maximum Gasteiger partial charge on any atom is 0.357 e. The Bertz CT molecular complexity index is 909. The van der Waals surface area contributed by atoms with E-state index in [2.05, 4.69) is 4.98 Å². The average Bonchev–Trinajstić information content (AvgIpc) is 2.50. The molecule has 1 aromatic carbocycles. The lowest BCUT2D eigenvalue weighted by Crippen LogP contribution is -2.25. The number of benzene rings is 1. The number of ether oxygens (including phenoxy) is 1. The van der Waals surface area contributed by atoms with Crippen molar-refractivity contribution >= 4 is 23.8 Å². The molecule has 0 aliphatic heterocycles. The number of rotatable bonds is 6. The van der Waals surface area contributed by atoms with Crippen molar-refractivity contribution < 1.29 is 19.6 Å². The molecule has 0 aliphatic rings. The molecule has 0 atom stereocenters. The van der Waals surface area contributed by atoms with Gasteiger partial charge in [-0.1, -0.05) is 18.2 Å². The number of carboxylic acids is 1. The van der Waals surface area contributed by atoms with E-state index < -0.39 is 34.4 Å². The van der Waals surface area contributed by atoms with Gasteiger partial charge in [0.05, 0.1) is 4.92 Å². The molecular formula is C14H11N3O7. The number of carbonyl (C=O) groups is 1. The summed E-state index contributed by atoms with van der Waals surface area (Å²) in [6, 6.07) is 6.17. The lowest BCUT2D eigenvalue weighted by atomic mass is 10.2. The van der Waals surface area contributed by atoms with Gasteiger partial charge in [-0.2, -0.15) is 0 Å². The van der Waals surface area contributed by atoms with E-state index >= 15 is 0 Å². The molecule has 0 aliphatic carbocycles. The van der Waals surface area contributed by atoms with Crippen molar-refractivity contribution in [3.05, 3.63) is 66.5 Å². The Morgan fingerprint density at radius 2 is 1.88 bits per heavy atom. The van der Waals surface area contributed by atoms with Crippen molar-refractivity contribution in [2.75, 3.05) is 6.61 Å². The van der Waals surface area contributed by atoms with Crippen molar-refractivity contribution in [2.45, 2.75) is 0 Å². The van der Waals surface area contributed by atoms with Crippen LogP contribution in [0.15, 0.2) is 33.9 Å². The summed E-state index contributed by atoms with van der Waals surface area (Å²) in [5.74, 6) is -0.769. The summed E-state index contributed by atoms with van der Waals surface area (Å²) >= 11 is 0. The molecule has 24 heavy (non-hydrogen) atoms. The molecule has 10 heteroatoms. The minimum absolute atomic E-state index is 0.236. The zero-order valence-electron chi connectivity index (χ0n) is 12.0. The molecule has 0 spiro atoms. The first-order valence-electron chi connectivity index (χ1n) is 6.50. The number of aromatic amines is 2. The first kappa shape index (κ1) is 16.7. The van der Waals surface area contributed by atoms with E-state index in [-0.39, 0.29) is 5.69 Å². The first-order chi connectivity index (χ1) is 11.4. The maximum atomic E-state index is 11.5. The number of hydrogen-bond acceptors (Lipinski definition) is 6. The van der Waals surface area contributed by atoms with Gasteiger partial charge in [0.1, 0.15) is 11.4 Å². The summed E-state index contributed by atoms with van der Waals surface area (Å²) in [7, 11) is 0. The van der Waals surface area contributed by atoms with Crippen LogP contribution in [0.3, 0.4) is 0 Å². The highest BCUT2D eigenvalue weighted by atomic mass is 16.6. The Labute approximate surface area is 133 Å². The highest BCUT2D eigenvalue weighted by molar-refractivity contribution is 5.72. The number of aliphatic carboxylic acids is 1. The zero-order chi connectivity index (χ0) is 17.7. The SMILES string of the molecule is O=C(O)COc1ccc(/C=C/c2[nH]c(=O)[nH]c(=O)c2[N+](=O)[O-])cc1. The third-order valence-corrected chi connectivity index (χ3v) is 2.81. The summed E-state index contributed by atoms with van der Waals surface area (Å²) in [6.07, 6.45) is 2.67. The summed E-state index contributed by atoms with van der Waals surface area (Å²) < 4.78 is 4.96. The molecule has 10 nitrogen and oxygen atoms in total. The lowest BCUT2D eigenvalue weighted by molar-refractivity contribution is -0.386. The van der Waals surface area contributed by atoms with Crippen LogP contribution in [0.4, 0.5) is 5.69 Å². The van der Waals surface area contributed by atoms with Gasteiger partial charge in [0.2, 0.25) is 0 Å². The van der Waals surface area contributed by atoms with E-state index in [1.54, 1.807) is 17.1 Å². The summed E-state index contributed by atoms with van der Waals surface area (Å²) in [4.78, 5) is 47.1. The minimum atomic E-state index is -1.11. The largest absolute Gasteiger partial charge is 0.482 e. The normalized spacial score (nSPS) is 10.7. The molecule has 2 aromatic rings. The molecule has 3 N–H and O–H groups in total. The Morgan fingerprint density at radius 1 is 1.21 bits per heavy atom. The fourth-order valence-corrected chi connectivity index (χ4v) is 1.80. The van der Waals surface area contributed by atoms with Crippen molar-refractivity contribution in [3.63, 3.8) is 0 Å². The fraction of sp³-hybridized carbons (Fsp3) is 0.0714. The molecular weight excluding hydrogens is 322 g/mol. The quantitative estimate of drug-likeness (QED) is 0.516. The summed E-state index contributed by atoms with van der Waals surface area (Å²) in [5, 5.41) is 19.4. The van der Waals surface area contributed by atoms with E-state index in [1.807, 2.05) is 0 Å². The molecule has 0 unspecified atom stereocenters. The molecule has 124 valence electrons. The van der Waals surface area contributed by atoms with E-state index in [0.29, 0.717) is 11.3 Å². The minimum Gasteiger partial charge on any atom is -0.482 e. The number of carboxylic acid groups (broad SMARTS) is 1. The van der Waals surface area contributed by atoms with E-state index in [9.17, 15) is 24.5 Å². The number of hydrogen-bond donors (Lipinski definition) is 3. The average molecular weight is 333 g/mol. The van der Waals surface area contributed by atoms with E-state index in [0.717, 1.165) is 0 Å².